The number of nitro groups is 1. The summed E-state index contributed by atoms with van der Waals surface area (Å²) in [5, 5.41) is 19.3. The van der Waals surface area contributed by atoms with Crippen LogP contribution in [0.1, 0.15) is 19.8 Å². The molecule has 0 bridgehead atoms. The van der Waals surface area contributed by atoms with Crippen LogP contribution in [0.4, 0.5) is 5.69 Å². The van der Waals surface area contributed by atoms with E-state index < -0.39 is 14.9 Å². The summed E-state index contributed by atoms with van der Waals surface area (Å²) in [6, 6.07) is 3.21. The second kappa shape index (κ2) is 7.69. The number of nitro benzene ring substituents is 1. The van der Waals surface area contributed by atoms with Gasteiger partial charge in [0.15, 0.2) is 0 Å². The van der Waals surface area contributed by atoms with E-state index in [-0.39, 0.29) is 34.7 Å². The number of halogens is 1. The minimum Gasteiger partial charge on any atom is -0.396 e. The zero-order valence-electron chi connectivity index (χ0n) is 11.5. The van der Waals surface area contributed by atoms with Crippen LogP contribution in [-0.4, -0.2) is 31.6 Å². The number of aliphatic hydroxyl groups excluding tert-OH is 1. The zero-order chi connectivity index (χ0) is 16.0. The minimum absolute atomic E-state index is 0.0565. The van der Waals surface area contributed by atoms with E-state index in [1.165, 1.54) is 0 Å². The maximum atomic E-state index is 12.0. The molecule has 1 unspecified atom stereocenters. The Hall–Kier alpha value is -1.22. The first-order valence-electron chi connectivity index (χ1n) is 6.32. The normalized spacial score (nSPS) is 13.1. The summed E-state index contributed by atoms with van der Waals surface area (Å²) in [6.45, 7) is 2.13. The molecule has 0 spiro atoms. The molecule has 0 fully saturated rings. The quantitative estimate of drug-likeness (QED) is 0.428. The maximum absolute atomic E-state index is 12.0. The van der Waals surface area contributed by atoms with Gasteiger partial charge in [0, 0.05) is 25.3 Å². The van der Waals surface area contributed by atoms with Crippen molar-refractivity contribution in [2.24, 2.45) is 5.92 Å². The molecule has 7 nitrogen and oxygen atoms in total. The van der Waals surface area contributed by atoms with E-state index in [9.17, 15) is 18.5 Å². The van der Waals surface area contributed by atoms with Gasteiger partial charge in [-0.25, -0.2) is 13.1 Å². The van der Waals surface area contributed by atoms with Crippen molar-refractivity contribution in [3.05, 3.63) is 33.3 Å². The number of non-ortho nitro benzene ring substituents is 1. The summed E-state index contributed by atoms with van der Waals surface area (Å²) in [6.07, 6.45) is 1.26. The highest BCUT2D eigenvalue weighted by atomic mass is 35.5. The molecular formula is C12H17ClN2O5S. The Bertz CT molecular complexity index is 606. The van der Waals surface area contributed by atoms with Crippen LogP contribution in [0.3, 0.4) is 0 Å². The number of sulfonamides is 1. The highest BCUT2D eigenvalue weighted by Gasteiger charge is 2.20. The average molecular weight is 337 g/mol. The molecule has 0 saturated heterocycles. The Balaban J connectivity index is 2.72. The van der Waals surface area contributed by atoms with Gasteiger partial charge in [-0.3, -0.25) is 10.1 Å². The van der Waals surface area contributed by atoms with Crippen molar-refractivity contribution in [1.29, 1.82) is 0 Å². The van der Waals surface area contributed by atoms with Gasteiger partial charge in [0.25, 0.3) is 5.69 Å². The fourth-order valence-corrected chi connectivity index (χ4v) is 3.26. The lowest BCUT2D eigenvalue weighted by atomic mass is 10.1. The lowest BCUT2D eigenvalue weighted by Crippen LogP contribution is -2.25. The highest BCUT2D eigenvalue weighted by Crippen LogP contribution is 2.25. The summed E-state index contributed by atoms with van der Waals surface area (Å²) in [5.74, 6) is 0.109. The molecule has 118 valence electrons. The van der Waals surface area contributed by atoms with Gasteiger partial charge in [0.1, 0.15) is 4.90 Å². The highest BCUT2D eigenvalue weighted by molar-refractivity contribution is 7.89. The molecule has 21 heavy (non-hydrogen) atoms. The van der Waals surface area contributed by atoms with Gasteiger partial charge in [-0.1, -0.05) is 18.5 Å². The summed E-state index contributed by atoms with van der Waals surface area (Å²) in [7, 11) is -3.81. The van der Waals surface area contributed by atoms with Crippen molar-refractivity contribution >= 4 is 27.3 Å². The molecule has 0 aromatic heterocycles. The summed E-state index contributed by atoms with van der Waals surface area (Å²) in [4.78, 5) is 9.74. The first kappa shape index (κ1) is 17.8. The van der Waals surface area contributed by atoms with E-state index in [1.54, 1.807) is 0 Å². The summed E-state index contributed by atoms with van der Waals surface area (Å²) < 4.78 is 26.4. The van der Waals surface area contributed by atoms with Crippen LogP contribution in [-0.2, 0) is 10.0 Å². The third-order valence-electron chi connectivity index (χ3n) is 2.89. The summed E-state index contributed by atoms with van der Waals surface area (Å²) in [5.41, 5.74) is -0.268. The molecule has 0 heterocycles. The molecule has 0 saturated carbocycles. The summed E-state index contributed by atoms with van der Waals surface area (Å²) >= 11 is 5.79. The minimum atomic E-state index is -3.81. The molecular weight excluding hydrogens is 320 g/mol. The fraction of sp³-hybridized carbons (Fsp3) is 0.500. The first-order chi connectivity index (χ1) is 9.77. The van der Waals surface area contributed by atoms with E-state index in [0.717, 1.165) is 18.2 Å². The van der Waals surface area contributed by atoms with Crippen molar-refractivity contribution in [2.45, 2.75) is 24.7 Å². The second-order valence-electron chi connectivity index (χ2n) is 4.70. The van der Waals surface area contributed by atoms with Crippen LogP contribution in [0.5, 0.6) is 0 Å². The molecule has 1 aromatic carbocycles. The molecule has 1 rings (SSSR count). The number of rotatable bonds is 8. The predicted octanol–water partition coefficient (Wildman–Crippen LogP) is 1.94. The van der Waals surface area contributed by atoms with Gasteiger partial charge >= 0.3 is 0 Å². The number of benzene rings is 1. The Morgan fingerprint density at radius 2 is 2.14 bits per heavy atom. The van der Waals surface area contributed by atoms with Crippen LogP contribution in [0, 0.1) is 16.0 Å². The third kappa shape index (κ3) is 5.24. The predicted molar refractivity (Wildman–Crippen MR) is 78.8 cm³/mol. The zero-order valence-corrected chi connectivity index (χ0v) is 13.0. The molecule has 0 radical (unpaired) electrons. The van der Waals surface area contributed by atoms with Gasteiger partial charge in [0.2, 0.25) is 10.0 Å². The van der Waals surface area contributed by atoms with Gasteiger partial charge in [-0.05, 0) is 24.8 Å². The Morgan fingerprint density at radius 3 is 2.67 bits per heavy atom. The average Bonchev–Trinajstić information content (AvgIpc) is 2.42. The third-order valence-corrected chi connectivity index (χ3v) is 4.84. The van der Waals surface area contributed by atoms with Crippen LogP contribution in [0.2, 0.25) is 5.02 Å². The number of nitrogens with one attached hydrogen (secondary N) is 1. The molecule has 2 N–H and O–H groups in total. The molecule has 9 heteroatoms. The lowest BCUT2D eigenvalue weighted by Gasteiger charge is -2.10. The molecule has 0 aliphatic carbocycles. The van der Waals surface area contributed by atoms with Crippen molar-refractivity contribution in [3.63, 3.8) is 0 Å². The SMILES string of the molecule is CC(CO)CCCNS(=O)(=O)c1ccc([N+](=O)[O-])cc1Cl. The van der Waals surface area contributed by atoms with E-state index in [2.05, 4.69) is 4.72 Å². The van der Waals surface area contributed by atoms with E-state index in [0.29, 0.717) is 12.8 Å². The molecule has 1 aromatic rings. The standard InChI is InChI=1S/C12H17ClN2O5S/c1-9(8-16)3-2-6-14-21(19,20)12-5-4-10(15(17)18)7-11(12)13/h4-5,7,9,14,16H,2-3,6,8H2,1H3. The van der Waals surface area contributed by atoms with E-state index in [4.69, 9.17) is 16.7 Å². The van der Waals surface area contributed by atoms with Crippen LogP contribution >= 0.6 is 11.6 Å². The Kier molecular flexibility index (Phi) is 6.53. The van der Waals surface area contributed by atoms with Crippen molar-refractivity contribution in [3.8, 4) is 0 Å². The van der Waals surface area contributed by atoms with Crippen LogP contribution < -0.4 is 4.72 Å². The monoisotopic (exact) mass is 336 g/mol. The maximum Gasteiger partial charge on any atom is 0.271 e. The smallest absolute Gasteiger partial charge is 0.271 e. The lowest BCUT2D eigenvalue weighted by molar-refractivity contribution is -0.384. The molecule has 1 atom stereocenters. The largest absolute Gasteiger partial charge is 0.396 e. The second-order valence-corrected chi connectivity index (χ2v) is 6.84. The van der Waals surface area contributed by atoms with Gasteiger partial charge < -0.3 is 5.11 Å². The van der Waals surface area contributed by atoms with Gasteiger partial charge in [0.05, 0.1) is 9.95 Å². The number of aliphatic hydroxyl groups is 1. The van der Waals surface area contributed by atoms with Crippen molar-refractivity contribution < 1.29 is 18.4 Å². The van der Waals surface area contributed by atoms with Crippen molar-refractivity contribution in [1.82, 2.24) is 4.72 Å². The molecule has 0 aliphatic rings. The van der Waals surface area contributed by atoms with E-state index in [1.807, 2.05) is 6.92 Å². The van der Waals surface area contributed by atoms with Crippen molar-refractivity contribution in [2.75, 3.05) is 13.2 Å². The van der Waals surface area contributed by atoms with Crippen LogP contribution in [0.25, 0.3) is 0 Å². The Morgan fingerprint density at radius 1 is 1.48 bits per heavy atom. The molecule has 0 amide bonds. The van der Waals surface area contributed by atoms with Gasteiger partial charge in [-0.15, -0.1) is 0 Å². The fourth-order valence-electron chi connectivity index (χ4n) is 1.65. The number of hydrogen-bond donors (Lipinski definition) is 2. The Labute approximate surface area is 128 Å². The van der Waals surface area contributed by atoms with Gasteiger partial charge in [-0.2, -0.15) is 0 Å². The molecule has 0 aliphatic heterocycles. The topological polar surface area (TPSA) is 110 Å². The number of nitrogens with zero attached hydrogens (tertiary/aromatic N) is 1. The number of hydrogen-bond acceptors (Lipinski definition) is 5. The first-order valence-corrected chi connectivity index (χ1v) is 8.18. The van der Waals surface area contributed by atoms with Crippen LogP contribution in [0.15, 0.2) is 23.1 Å². The van der Waals surface area contributed by atoms with E-state index >= 15 is 0 Å².